The molecule has 23 heteroatoms. The molecule has 1 aromatic heterocycles. The first-order valence-corrected chi connectivity index (χ1v) is 18.3. The number of carbonyl (C=O) groups is 2. The van der Waals surface area contributed by atoms with E-state index >= 15 is 0 Å². The van der Waals surface area contributed by atoms with Crippen LogP contribution in [0, 0.1) is 0 Å². The monoisotopic (exact) mass is 787 g/mol. The maximum absolute atomic E-state index is 12.8. The van der Waals surface area contributed by atoms with Crippen molar-refractivity contribution in [2.45, 2.75) is 100 Å². The van der Waals surface area contributed by atoms with Crippen LogP contribution in [-0.2, 0) is 39.1 Å². The fraction of sp³-hybridized carbons (Fsp3) is 0.581. The number of nitrogens with two attached hydrogens (primary N) is 1. The van der Waals surface area contributed by atoms with Gasteiger partial charge in [-0.25, -0.2) is 18.8 Å². The van der Waals surface area contributed by atoms with Crippen molar-refractivity contribution in [1.29, 1.82) is 0 Å². The number of anilines is 3. The fourth-order valence-corrected chi connectivity index (χ4v) is 7.46. The molecule has 22 nitrogen and oxygen atoms in total. The summed E-state index contributed by atoms with van der Waals surface area (Å²) in [6, 6.07) is 6.81. The standard InChI is InChI=1S/C31H43N6O16P/c1-13-22-14(2)36(12-37(22)23-27(33-13)34-31(32)35-28(23)45)16-5-3-15(4-6-16)9-17(38)24(42)18(39)10-50-30-26(44)25(43)20(52-30)11-51-54(48,49)53-19(29(46)47)7-8-21(40)41/h3-6,12-14,17-20,22,24-26,30,38-39,42-44H,7-11H2,1-2H3,(H6-,32,33,34,35,40,41,45,46,47,48,49)/p+1/t13-,14+,17?,18?,19?,20+,22+,24?,25+,26+,30-/m0/s1. The molecule has 1 fully saturated rings. The van der Waals surface area contributed by atoms with E-state index in [-0.39, 0.29) is 36.1 Å². The number of carboxylic acids is 2. The lowest BCUT2D eigenvalue weighted by molar-refractivity contribution is -0.479. The molecular formula is C31H44N6O16P+. The number of H-pyrrole nitrogens is 1. The summed E-state index contributed by atoms with van der Waals surface area (Å²) >= 11 is 0. The molecule has 5 rings (SSSR count). The van der Waals surface area contributed by atoms with Crippen molar-refractivity contribution in [2.75, 3.05) is 29.2 Å². The summed E-state index contributed by atoms with van der Waals surface area (Å²) in [5.41, 5.74) is 7.10. The number of nitrogen functional groups attached to an aromatic ring is 1. The lowest BCUT2D eigenvalue weighted by Crippen LogP contribution is -2.49. The molecule has 0 bridgehead atoms. The Morgan fingerprint density at radius 1 is 1.11 bits per heavy atom. The number of aromatic amines is 1. The number of phosphoric ester groups is 1. The predicted molar refractivity (Wildman–Crippen MR) is 184 cm³/mol. The van der Waals surface area contributed by atoms with E-state index in [1.165, 1.54) is 0 Å². The number of aromatic nitrogens is 2. The fourth-order valence-electron chi connectivity index (χ4n) is 6.55. The summed E-state index contributed by atoms with van der Waals surface area (Å²) in [6.45, 7) is 2.41. The van der Waals surface area contributed by atoms with Crippen molar-refractivity contribution in [2.24, 2.45) is 0 Å². The number of nitrogens with one attached hydrogen (secondary N) is 2. The van der Waals surface area contributed by atoms with Gasteiger partial charge in [0.05, 0.1) is 25.4 Å². The lowest BCUT2D eigenvalue weighted by Gasteiger charge is -2.30. The van der Waals surface area contributed by atoms with Crippen molar-refractivity contribution < 1.29 is 77.9 Å². The van der Waals surface area contributed by atoms with E-state index in [1.54, 1.807) is 24.3 Å². The van der Waals surface area contributed by atoms with E-state index in [1.807, 2.05) is 29.7 Å². The van der Waals surface area contributed by atoms with Crippen LogP contribution in [0.4, 0.5) is 23.1 Å². The first-order chi connectivity index (χ1) is 25.4. The molecule has 12 atom stereocenters. The third-order valence-corrected chi connectivity index (χ3v) is 10.3. The zero-order chi connectivity index (χ0) is 39.6. The maximum atomic E-state index is 12.8. The van der Waals surface area contributed by atoms with Gasteiger partial charge in [0.1, 0.15) is 42.2 Å². The average Bonchev–Trinajstić information content (AvgIpc) is 3.58. The van der Waals surface area contributed by atoms with Crippen LogP contribution >= 0.6 is 7.82 Å². The van der Waals surface area contributed by atoms with E-state index in [9.17, 15) is 49.4 Å². The van der Waals surface area contributed by atoms with Gasteiger partial charge in [-0.05, 0) is 38.0 Å². The number of hydrogen-bond acceptors (Lipinski definition) is 17. The highest BCUT2D eigenvalue weighted by molar-refractivity contribution is 7.47. The van der Waals surface area contributed by atoms with Crippen LogP contribution in [0.5, 0.6) is 0 Å². The number of aliphatic carboxylic acids is 2. The number of carboxylic acid groups (broad SMARTS) is 2. The predicted octanol–water partition coefficient (Wildman–Crippen LogP) is -2.34. The molecule has 3 aliphatic heterocycles. The Kier molecular flexibility index (Phi) is 12.8. The van der Waals surface area contributed by atoms with Gasteiger partial charge in [-0.2, -0.15) is 4.98 Å². The van der Waals surface area contributed by atoms with E-state index in [0.29, 0.717) is 17.1 Å². The first-order valence-electron chi connectivity index (χ1n) is 16.8. The van der Waals surface area contributed by atoms with Gasteiger partial charge < -0.3 is 61.2 Å². The number of benzene rings is 1. The molecule has 1 aromatic carbocycles. The molecule has 2 aromatic rings. The van der Waals surface area contributed by atoms with Gasteiger partial charge in [-0.3, -0.25) is 23.6 Å². The minimum absolute atomic E-state index is 0.00160. The van der Waals surface area contributed by atoms with E-state index in [2.05, 4.69) is 24.3 Å². The minimum Gasteiger partial charge on any atom is -0.481 e. The molecule has 4 heterocycles. The molecule has 298 valence electrons. The number of hydrogen-bond donors (Lipinski definition) is 11. The highest BCUT2D eigenvalue weighted by Crippen LogP contribution is 2.46. The van der Waals surface area contributed by atoms with Gasteiger partial charge in [0.25, 0.3) is 0 Å². The molecule has 54 heavy (non-hydrogen) atoms. The van der Waals surface area contributed by atoms with Gasteiger partial charge in [-0.15, -0.1) is 0 Å². The SMILES string of the molecule is C[C@@H]1Nc2nc(N)[nH]c(=O)c2[N+]2=CN(c3ccc(CC(O)C(O)C(O)CO[C@H]4O[C@H](COP(=O)(O)OC(CCC(=O)O)C(=O)O)[C@@H](O)[C@H]4O)cc3)[C@H](C)[C@@H]12. The normalized spacial score (nSPS) is 28.2. The molecule has 12 N–H and O–H groups in total. The van der Waals surface area contributed by atoms with Crippen LogP contribution < -0.4 is 21.5 Å². The number of aliphatic hydroxyl groups is 5. The number of ether oxygens (including phenoxy) is 2. The summed E-state index contributed by atoms with van der Waals surface area (Å²) in [5.74, 6) is -2.70. The molecule has 5 unspecified atom stereocenters. The van der Waals surface area contributed by atoms with Crippen LogP contribution in [0.25, 0.3) is 0 Å². The van der Waals surface area contributed by atoms with Crippen molar-refractivity contribution in [1.82, 2.24) is 9.97 Å². The Morgan fingerprint density at radius 3 is 2.44 bits per heavy atom. The van der Waals surface area contributed by atoms with Crippen LogP contribution in [0.15, 0.2) is 29.1 Å². The highest BCUT2D eigenvalue weighted by Gasteiger charge is 2.49. The molecule has 1 saturated heterocycles. The number of aliphatic hydroxyl groups excluding tert-OH is 5. The molecular weight excluding hydrogens is 743 g/mol. The number of nitrogens with zero attached hydrogens (tertiary/aromatic N) is 3. The van der Waals surface area contributed by atoms with E-state index in [0.717, 1.165) is 5.69 Å². The largest absolute Gasteiger partial charge is 0.481 e. The second-order valence-corrected chi connectivity index (χ2v) is 14.6. The number of rotatable bonds is 17. The molecule has 3 aliphatic rings. The molecule has 0 spiro atoms. The summed E-state index contributed by atoms with van der Waals surface area (Å²) in [6.07, 6.45) is -13.1. The maximum Gasteiger partial charge on any atom is 0.473 e. The molecule has 0 aliphatic carbocycles. The second-order valence-electron chi connectivity index (χ2n) is 13.2. The van der Waals surface area contributed by atoms with Crippen LogP contribution in [0.3, 0.4) is 0 Å². The van der Waals surface area contributed by atoms with Gasteiger partial charge in [-0.1, -0.05) is 12.1 Å². The summed E-state index contributed by atoms with van der Waals surface area (Å²) in [5, 5.41) is 73.6. The quantitative estimate of drug-likeness (QED) is 0.0591. The zero-order valence-corrected chi connectivity index (χ0v) is 29.9. The third-order valence-electron chi connectivity index (χ3n) is 9.33. The van der Waals surface area contributed by atoms with E-state index < -0.39 is 94.8 Å². The first kappa shape index (κ1) is 41.1. The topological polar surface area (TPSA) is 340 Å². The van der Waals surface area contributed by atoms with E-state index in [4.69, 9.17) is 25.4 Å². The second kappa shape index (κ2) is 16.8. The van der Waals surface area contributed by atoms with Gasteiger partial charge in [0, 0.05) is 12.8 Å². The number of phosphoric acid groups is 1. The Bertz CT molecular complexity index is 1810. The third kappa shape index (κ3) is 9.24. The van der Waals surface area contributed by atoms with Crippen LogP contribution in [0.1, 0.15) is 32.3 Å². The van der Waals surface area contributed by atoms with Crippen molar-refractivity contribution in [3.05, 3.63) is 40.2 Å². The Morgan fingerprint density at radius 2 is 1.80 bits per heavy atom. The molecule has 0 radical (unpaired) electrons. The zero-order valence-electron chi connectivity index (χ0n) is 29.0. The highest BCUT2D eigenvalue weighted by atomic mass is 31.2. The van der Waals surface area contributed by atoms with Crippen molar-refractivity contribution in [3.8, 4) is 0 Å². The lowest BCUT2D eigenvalue weighted by atomic mass is 9.98. The van der Waals surface area contributed by atoms with Gasteiger partial charge in [0.15, 0.2) is 24.3 Å². The summed E-state index contributed by atoms with van der Waals surface area (Å²) in [4.78, 5) is 53.4. The average molecular weight is 788 g/mol. The Labute approximate surface area is 306 Å². The Hall–Kier alpha value is -4.06. The smallest absolute Gasteiger partial charge is 0.473 e. The molecule has 0 saturated carbocycles. The van der Waals surface area contributed by atoms with Crippen LogP contribution in [-0.4, -0.2) is 154 Å². The van der Waals surface area contributed by atoms with Crippen LogP contribution in [0.2, 0.25) is 0 Å². The minimum atomic E-state index is -5.11. The molecule has 0 amide bonds. The Balaban J connectivity index is 1.11. The number of fused-ring (bicyclic) bond motifs is 3. The summed E-state index contributed by atoms with van der Waals surface area (Å²) < 4.78 is 33.9. The van der Waals surface area contributed by atoms with Gasteiger partial charge in [0.2, 0.25) is 18.0 Å². The van der Waals surface area contributed by atoms with Crippen molar-refractivity contribution >= 4 is 49.2 Å². The summed E-state index contributed by atoms with van der Waals surface area (Å²) in [7, 11) is -5.11. The van der Waals surface area contributed by atoms with Crippen molar-refractivity contribution in [3.63, 3.8) is 0 Å². The van der Waals surface area contributed by atoms with Gasteiger partial charge >= 0.3 is 25.3 Å².